The Hall–Kier alpha value is -1.62. The van der Waals surface area contributed by atoms with Crippen LogP contribution in [0.2, 0.25) is 0 Å². The van der Waals surface area contributed by atoms with Gasteiger partial charge >= 0.3 is 6.09 Å². The van der Waals surface area contributed by atoms with Gasteiger partial charge in [-0.3, -0.25) is 4.79 Å². The Morgan fingerprint density at radius 2 is 1.84 bits per heavy atom. The van der Waals surface area contributed by atoms with E-state index in [0.29, 0.717) is 19.3 Å². The standard InChI is InChI=1S/C20H33NO4/c1-2-3-4-5-6-7-11-17(12-10-15-21-19(23)24)18-13-8-9-14-20(18,25)16-22/h8-9,13-14,16-18,21,25H,2-7,10-12,15H2,1H3,(H,23,24). The summed E-state index contributed by atoms with van der Waals surface area (Å²) in [4.78, 5) is 22.0. The number of allylic oxidation sites excluding steroid dienone is 2. The van der Waals surface area contributed by atoms with Gasteiger partial charge in [-0.05, 0) is 31.3 Å². The van der Waals surface area contributed by atoms with Gasteiger partial charge in [-0.2, -0.15) is 0 Å². The van der Waals surface area contributed by atoms with Crippen molar-refractivity contribution in [3.8, 4) is 0 Å². The molecule has 3 atom stereocenters. The molecule has 0 aromatic carbocycles. The Morgan fingerprint density at radius 3 is 2.52 bits per heavy atom. The molecule has 0 saturated heterocycles. The molecule has 142 valence electrons. The number of nitrogens with one attached hydrogen (secondary N) is 1. The molecule has 1 aliphatic carbocycles. The SMILES string of the molecule is CCCCCCCCC(CCCNC(=O)O)C1C=CC=CC1(O)C=O. The summed E-state index contributed by atoms with van der Waals surface area (Å²) in [7, 11) is 0. The molecule has 0 radical (unpaired) electrons. The highest BCUT2D eigenvalue weighted by Crippen LogP contribution is 2.35. The van der Waals surface area contributed by atoms with Crippen LogP contribution in [0.4, 0.5) is 4.79 Å². The van der Waals surface area contributed by atoms with E-state index in [9.17, 15) is 14.7 Å². The van der Waals surface area contributed by atoms with Crippen molar-refractivity contribution < 1.29 is 19.8 Å². The van der Waals surface area contributed by atoms with Crippen molar-refractivity contribution in [2.24, 2.45) is 11.8 Å². The van der Waals surface area contributed by atoms with Crippen molar-refractivity contribution in [2.45, 2.75) is 70.3 Å². The molecular formula is C20H33NO4. The summed E-state index contributed by atoms with van der Waals surface area (Å²) in [5.41, 5.74) is -1.44. The monoisotopic (exact) mass is 351 g/mol. The lowest BCUT2D eigenvalue weighted by atomic mass is 9.72. The van der Waals surface area contributed by atoms with Crippen LogP contribution in [0.3, 0.4) is 0 Å². The Balaban J connectivity index is 2.57. The number of rotatable bonds is 13. The van der Waals surface area contributed by atoms with Gasteiger partial charge in [-0.25, -0.2) is 4.79 Å². The summed E-state index contributed by atoms with van der Waals surface area (Å²) in [6.45, 7) is 2.60. The van der Waals surface area contributed by atoms with Gasteiger partial charge in [0.05, 0.1) is 0 Å². The van der Waals surface area contributed by atoms with Crippen LogP contribution in [0.5, 0.6) is 0 Å². The van der Waals surface area contributed by atoms with Gasteiger partial charge in [0, 0.05) is 12.5 Å². The Labute approximate surface area is 151 Å². The average molecular weight is 351 g/mol. The molecule has 0 aliphatic heterocycles. The van der Waals surface area contributed by atoms with Crippen LogP contribution in [0.25, 0.3) is 0 Å². The maximum Gasteiger partial charge on any atom is 0.404 e. The molecule has 3 N–H and O–H groups in total. The fourth-order valence-corrected chi connectivity index (χ4v) is 3.56. The second kappa shape index (κ2) is 11.9. The lowest BCUT2D eigenvalue weighted by Crippen LogP contribution is -2.42. The van der Waals surface area contributed by atoms with Crippen molar-refractivity contribution in [1.29, 1.82) is 0 Å². The van der Waals surface area contributed by atoms with Gasteiger partial charge in [-0.1, -0.05) is 63.7 Å². The third-order valence-electron chi connectivity index (χ3n) is 4.98. The van der Waals surface area contributed by atoms with E-state index in [1.807, 2.05) is 12.2 Å². The van der Waals surface area contributed by atoms with Crippen molar-refractivity contribution in [2.75, 3.05) is 6.54 Å². The van der Waals surface area contributed by atoms with E-state index in [1.165, 1.54) is 25.7 Å². The van der Waals surface area contributed by atoms with E-state index < -0.39 is 11.7 Å². The molecule has 3 unspecified atom stereocenters. The molecule has 0 aromatic heterocycles. The van der Waals surface area contributed by atoms with Gasteiger partial charge < -0.3 is 15.5 Å². The summed E-state index contributed by atoms with van der Waals surface area (Å²) in [6, 6.07) is 0. The first-order chi connectivity index (χ1) is 12.0. The molecule has 1 aliphatic rings. The van der Waals surface area contributed by atoms with Crippen molar-refractivity contribution in [3.63, 3.8) is 0 Å². The fourth-order valence-electron chi connectivity index (χ4n) is 3.56. The number of carbonyl (C=O) groups is 2. The molecular weight excluding hydrogens is 318 g/mol. The predicted octanol–water partition coefficient (Wildman–Crippen LogP) is 4.07. The molecule has 1 rings (SSSR count). The number of aliphatic hydroxyl groups is 1. The molecule has 1 amide bonds. The van der Waals surface area contributed by atoms with Crippen LogP contribution < -0.4 is 5.32 Å². The lowest BCUT2D eigenvalue weighted by Gasteiger charge is -2.35. The minimum absolute atomic E-state index is 0.165. The maximum absolute atomic E-state index is 11.4. The third kappa shape index (κ3) is 7.86. The molecule has 5 heteroatoms. The number of hydrogen-bond donors (Lipinski definition) is 3. The average Bonchev–Trinajstić information content (AvgIpc) is 2.60. The minimum atomic E-state index is -1.44. The first-order valence-electron chi connectivity index (χ1n) is 9.55. The molecule has 25 heavy (non-hydrogen) atoms. The normalized spacial score (nSPS) is 23.4. The maximum atomic E-state index is 11.4. The topological polar surface area (TPSA) is 86.6 Å². The fraction of sp³-hybridized carbons (Fsp3) is 0.700. The number of amides is 1. The van der Waals surface area contributed by atoms with Gasteiger partial charge in [0.15, 0.2) is 6.29 Å². The third-order valence-corrected chi connectivity index (χ3v) is 4.98. The number of carbonyl (C=O) groups excluding carboxylic acids is 1. The molecule has 0 heterocycles. The lowest BCUT2D eigenvalue weighted by molar-refractivity contribution is -0.124. The first kappa shape index (κ1) is 21.4. The number of aldehydes is 1. The Bertz CT molecular complexity index is 461. The Morgan fingerprint density at radius 1 is 1.16 bits per heavy atom. The van der Waals surface area contributed by atoms with E-state index in [4.69, 9.17) is 5.11 Å². The zero-order valence-corrected chi connectivity index (χ0v) is 15.3. The largest absolute Gasteiger partial charge is 0.465 e. The van der Waals surface area contributed by atoms with Gasteiger partial charge in [0.25, 0.3) is 0 Å². The van der Waals surface area contributed by atoms with Crippen LogP contribution in [-0.4, -0.2) is 34.7 Å². The summed E-state index contributed by atoms with van der Waals surface area (Å²) in [5.74, 6) is -0.0753. The molecule has 0 fully saturated rings. The highest BCUT2D eigenvalue weighted by Gasteiger charge is 2.38. The Kier molecular flexibility index (Phi) is 10.2. The van der Waals surface area contributed by atoms with Crippen LogP contribution >= 0.6 is 0 Å². The summed E-state index contributed by atoms with van der Waals surface area (Å²) in [5, 5.41) is 21.7. The van der Waals surface area contributed by atoms with E-state index in [2.05, 4.69) is 12.2 Å². The van der Waals surface area contributed by atoms with E-state index in [0.717, 1.165) is 25.7 Å². The number of hydrogen-bond acceptors (Lipinski definition) is 3. The van der Waals surface area contributed by atoms with Crippen molar-refractivity contribution in [1.82, 2.24) is 5.32 Å². The zero-order valence-electron chi connectivity index (χ0n) is 15.3. The summed E-state index contributed by atoms with van der Waals surface area (Å²) in [6.07, 6.45) is 16.3. The molecule has 0 saturated carbocycles. The molecule has 0 aromatic rings. The van der Waals surface area contributed by atoms with E-state index in [1.54, 1.807) is 12.2 Å². The second-order valence-corrected chi connectivity index (χ2v) is 6.97. The van der Waals surface area contributed by atoms with E-state index >= 15 is 0 Å². The second-order valence-electron chi connectivity index (χ2n) is 6.97. The van der Waals surface area contributed by atoms with E-state index in [-0.39, 0.29) is 11.8 Å². The van der Waals surface area contributed by atoms with Crippen LogP contribution in [0.1, 0.15) is 64.7 Å². The van der Waals surface area contributed by atoms with Crippen LogP contribution in [-0.2, 0) is 4.79 Å². The minimum Gasteiger partial charge on any atom is -0.465 e. The quantitative estimate of drug-likeness (QED) is 0.345. The molecule has 0 bridgehead atoms. The van der Waals surface area contributed by atoms with Gasteiger partial charge in [-0.15, -0.1) is 0 Å². The highest BCUT2D eigenvalue weighted by atomic mass is 16.4. The van der Waals surface area contributed by atoms with Gasteiger partial charge in [0.1, 0.15) is 5.60 Å². The first-order valence-corrected chi connectivity index (χ1v) is 9.55. The van der Waals surface area contributed by atoms with Crippen molar-refractivity contribution >= 4 is 12.4 Å². The highest BCUT2D eigenvalue weighted by molar-refractivity contribution is 5.68. The van der Waals surface area contributed by atoms with Gasteiger partial charge in [0.2, 0.25) is 0 Å². The number of unbranched alkanes of at least 4 members (excludes halogenated alkanes) is 5. The van der Waals surface area contributed by atoms with Crippen LogP contribution in [0, 0.1) is 11.8 Å². The molecule has 5 nitrogen and oxygen atoms in total. The predicted molar refractivity (Wildman–Crippen MR) is 99.5 cm³/mol. The van der Waals surface area contributed by atoms with Crippen molar-refractivity contribution in [3.05, 3.63) is 24.3 Å². The number of carboxylic acid groups (broad SMARTS) is 1. The zero-order chi connectivity index (χ0) is 18.5. The van der Waals surface area contributed by atoms with Crippen LogP contribution in [0.15, 0.2) is 24.3 Å². The molecule has 0 spiro atoms. The summed E-state index contributed by atoms with van der Waals surface area (Å²) >= 11 is 0. The smallest absolute Gasteiger partial charge is 0.404 e. The summed E-state index contributed by atoms with van der Waals surface area (Å²) < 4.78 is 0.